The Balaban J connectivity index is 3.58. The summed E-state index contributed by atoms with van der Waals surface area (Å²) in [4.78, 5) is 0. The molecule has 0 aliphatic heterocycles. The first-order valence-electron chi connectivity index (χ1n) is 2.12. The van der Waals surface area contributed by atoms with Gasteiger partial charge < -0.3 is 11.1 Å². The molecule has 0 atom stereocenters. The van der Waals surface area contributed by atoms with Crippen molar-refractivity contribution < 1.29 is 0 Å². The second-order valence-corrected chi connectivity index (χ2v) is 1.46. The van der Waals surface area contributed by atoms with Gasteiger partial charge in [-0.2, -0.15) is 0 Å². The SMILES string of the molecule is C=C(C)C(=N)CN. The van der Waals surface area contributed by atoms with Crippen molar-refractivity contribution in [3.8, 4) is 0 Å². The fourth-order valence-electron chi connectivity index (χ4n) is 0.174. The molecular weight excluding hydrogens is 88.1 g/mol. The molecule has 0 bridgehead atoms. The zero-order chi connectivity index (χ0) is 5.86. The molecule has 0 aromatic rings. The molecule has 0 spiro atoms. The molecule has 0 aromatic heterocycles. The molecule has 0 radical (unpaired) electrons. The Labute approximate surface area is 43.5 Å². The van der Waals surface area contributed by atoms with E-state index in [1.54, 1.807) is 6.92 Å². The molecule has 0 aliphatic carbocycles. The topological polar surface area (TPSA) is 49.9 Å². The van der Waals surface area contributed by atoms with Gasteiger partial charge in [0.1, 0.15) is 0 Å². The van der Waals surface area contributed by atoms with Crippen molar-refractivity contribution in [3.63, 3.8) is 0 Å². The van der Waals surface area contributed by atoms with E-state index in [-0.39, 0.29) is 0 Å². The van der Waals surface area contributed by atoms with E-state index in [1.165, 1.54) is 0 Å². The van der Waals surface area contributed by atoms with Crippen LogP contribution in [0.4, 0.5) is 0 Å². The Kier molecular flexibility index (Phi) is 2.30. The molecule has 0 unspecified atom stereocenters. The summed E-state index contributed by atoms with van der Waals surface area (Å²) < 4.78 is 0. The lowest BCUT2D eigenvalue weighted by molar-refractivity contribution is 1.25. The molecule has 0 saturated carbocycles. The predicted molar refractivity (Wildman–Crippen MR) is 31.6 cm³/mol. The Morgan fingerprint density at radius 3 is 2.29 bits per heavy atom. The summed E-state index contributed by atoms with van der Waals surface area (Å²) in [5.74, 6) is 0. The van der Waals surface area contributed by atoms with E-state index in [0.29, 0.717) is 12.3 Å². The second-order valence-electron chi connectivity index (χ2n) is 1.46. The van der Waals surface area contributed by atoms with Gasteiger partial charge in [-0.15, -0.1) is 0 Å². The van der Waals surface area contributed by atoms with Gasteiger partial charge in [0, 0.05) is 12.3 Å². The molecule has 0 amide bonds. The van der Waals surface area contributed by atoms with Crippen molar-refractivity contribution in [3.05, 3.63) is 12.2 Å². The van der Waals surface area contributed by atoms with Crippen LogP contribution in [-0.4, -0.2) is 12.3 Å². The summed E-state index contributed by atoms with van der Waals surface area (Å²) >= 11 is 0. The van der Waals surface area contributed by atoms with Crippen LogP contribution in [0.3, 0.4) is 0 Å². The van der Waals surface area contributed by atoms with E-state index < -0.39 is 0 Å². The maximum atomic E-state index is 6.97. The Morgan fingerprint density at radius 2 is 2.29 bits per heavy atom. The van der Waals surface area contributed by atoms with E-state index >= 15 is 0 Å². The normalized spacial score (nSPS) is 8.29. The van der Waals surface area contributed by atoms with Gasteiger partial charge in [0.2, 0.25) is 0 Å². The van der Waals surface area contributed by atoms with Crippen LogP contribution in [0.1, 0.15) is 6.92 Å². The molecule has 0 aliphatic rings. The standard InChI is InChI=1S/C5H10N2/c1-4(2)5(7)3-6/h7H,1,3,6H2,2H3. The number of nitrogens with two attached hydrogens (primary N) is 1. The van der Waals surface area contributed by atoms with Crippen molar-refractivity contribution in [1.82, 2.24) is 0 Å². The first-order chi connectivity index (χ1) is 3.18. The average molecular weight is 98.1 g/mol. The summed E-state index contributed by atoms with van der Waals surface area (Å²) in [5, 5.41) is 6.97. The van der Waals surface area contributed by atoms with Crippen LogP contribution in [0.2, 0.25) is 0 Å². The minimum atomic E-state index is 0.301. The number of hydrogen-bond acceptors (Lipinski definition) is 2. The molecule has 0 heterocycles. The van der Waals surface area contributed by atoms with Crippen LogP contribution in [0.5, 0.6) is 0 Å². The Bertz CT molecular complexity index is 94.3. The van der Waals surface area contributed by atoms with E-state index in [1.807, 2.05) is 0 Å². The maximum absolute atomic E-state index is 6.97. The molecule has 0 fully saturated rings. The molecular formula is C5H10N2. The van der Waals surface area contributed by atoms with E-state index in [9.17, 15) is 0 Å². The Morgan fingerprint density at radius 1 is 1.86 bits per heavy atom. The van der Waals surface area contributed by atoms with Crippen molar-refractivity contribution >= 4 is 5.71 Å². The third-order valence-electron chi connectivity index (χ3n) is 0.719. The van der Waals surface area contributed by atoms with E-state index in [0.717, 1.165) is 5.57 Å². The molecule has 3 N–H and O–H groups in total. The second kappa shape index (κ2) is 2.53. The summed E-state index contributed by atoms with van der Waals surface area (Å²) in [6, 6.07) is 0. The highest BCUT2D eigenvalue weighted by Gasteiger charge is 1.88. The fourth-order valence-corrected chi connectivity index (χ4v) is 0.174. The van der Waals surface area contributed by atoms with Crippen LogP contribution in [0.15, 0.2) is 12.2 Å². The lowest BCUT2D eigenvalue weighted by Crippen LogP contribution is -2.12. The summed E-state index contributed by atoms with van der Waals surface area (Å²) in [6.07, 6.45) is 0. The maximum Gasteiger partial charge on any atom is 0.0473 e. The third-order valence-corrected chi connectivity index (χ3v) is 0.719. The van der Waals surface area contributed by atoms with Gasteiger partial charge >= 0.3 is 0 Å². The fraction of sp³-hybridized carbons (Fsp3) is 0.400. The average Bonchev–Trinajstić information content (AvgIpc) is 1.65. The largest absolute Gasteiger partial charge is 0.325 e. The van der Waals surface area contributed by atoms with E-state index in [2.05, 4.69) is 6.58 Å². The van der Waals surface area contributed by atoms with Crippen molar-refractivity contribution in [2.45, 2.75) is 6.92 Å². The lowest BCUT2D eigenvalue weighted by atomic mass is 10.2. The first kappa shape index (κ1) is 6.37. The lowest BCUT2D eigenvalue weighted by Gasteiger charge is -1.93. The molecule has 0 rings (SSSR count). The first-order valence-corrected chi connectivity index (χ1v) is 2.12. The van der Waals surface area contributed by atoms with Gasteiger partial charge in [-0.25, -0.2) is 0 Å². The van der Waals surface area contributed by atoms with Crippen LogP contribution < -0.4 is 5.73 Å². The minimum absolute atomic E-state index is 0.301. The molecule has 2 heteroatoms. The van der Waals surface area contributed by atoms with Gasteiger partial charge in [-0.05, 0) is 12.5 Å². The quantitative estimate of drug-likeness (QED) is 0.486. The number of nitrogens with one attached hydrogen (secondary N) is 1. The van der Waals surface area contributed by atoms with Gasteiger partial charge in [-0.1, -0.05) is 6.58 Å². The van der Waals surface area contributed by atoms with Crippen LogP contribution in [0.25, 0.3) is 0 Å². The summed E-state index contributed by atoms with van der Waals surface area (Å²) in [6.45, 7) is 5.60. The van der Waals surface area contributed by atoms with Gasteiger partial charge in [0.15, 0.2) is 0 Å². The highest BCUT2D eigenvalue weighted by Crippen LogP contribution is 1.84. The van der Waals surface area contributed by atoms with Crippen molar-refractivity contribution in [2.75, 3.05) is 6.54 Å². The number of rotatable bonds is 2. The third kappa shape index (κ3) is 2.11. The molecule has 2 nitrogen and oxygen atoms in total. The zero-order valence-corrected chi connectivity index (χ0v) is 4.49. The van der Waals surface area contributed by atoms with Crippen molar-refractivity contribution in [1.29, 1.82) is 5.41 Å². The van der Waals surface area contributed by atoms with Crippen molar-refractivity contribution in [2.24, 2.45) is 5.73 Å². The Hall–Kier alpha value is -0.630. The van der Waals surface area contributed by atoms with Gasteiger partial charge in [0.25, 0.3) is 0 Å². The monoisotopic (exact) mass is 98.1 g/mol. The number of hydrogen-bond donors (Lipinski definition) is 2. The predicted octanol–water partition coefficient (Wildman–Crippen LogP) is 0.541. The van der Waals surface area contributed by atoms with Crippen LogP contribution in [-0.2, 0) is 0 Å². The summed E-state index contributed by atoms with van der Waals surface area (Å²) in [7, 11) is 0. The summed E-state index contributed by atoms with van der Waals surface area (Å²) in [5.41, 5.74) is 6.27. The van der Waals surface area contributed by atoms with Gasteiger partial charge in [0.05, 0.1) is 0 Å². The molecule has 0 aromatic carbocycles. The highest BCUT2D eigenvalue weighted by atomic mass is 14.6. The molecule has 7 heavy (non-hydrogen) atoms. The highest BCUT2D eigenvalue weighted by molar-refractivity contribution is 5.97. The van der Waals surface area contributed by atoms with E-state index in [4.69, 9.17) is 11.1 Å². The molecule has 0 saturated heterocycles. The van der Waals surface area contributed by atoms with Crippen LogP contribution in [0, 0.1) is 5.41 Å². The smallest absolute Gasteiger partial charge is 0.0473 e. The van der Waals surface area contributed by atoms with Crippen LogP contribution >= 0.6 is 0 Å². The van der Waals surface area contributed by atoms with Gasteiger partial charge in [-0.3, -0.25) is 0 Å². The molecule has 40 valence electrons. The minimum Gasteiger partial charge on any atom is -0.325 e. The zero-order valence-electron chi connectivity index (χ0n) is 4.49.